The number of nitrogens with zero attached hydrogens (tertiary/aromatic N) is 1. The van der Waals surface area contributed by atoms with Crippen molar-refractivity contribution in [1.29, 1.82) is 0 Å². The number of likely N-dealkylation sites (N-methyl/N-ethyl adjacent to an activating group) is 1. The third-order valence-electron chi connectivity index (χ3n) is 3.55. The third kappa shape index (κ3) is 4.37. The van der Waals surface area contributed by atoms with E-state index in [4.69, 9.17) is 4.74 Å². The molecule has 116 valence electrons. The van der Waals surface area contributed by atoms with Gasteiger partial charge in [-0.25, -0.2) is 0 Å². The van der Waals surface area contributed by atoms with Gasteiger partial charge in [-0.1, -0.05) is 42.5 Å². The van der Waals surface area contributed by atoms with Crippen LogP contribution in [0.1, 0.15) is 18.1 Å². The predicted octanol–water partition coefficient (Wildman–Crippen LogP) is 4.12. The van der Waals surface area contributed by atoms with Crippen LogP contribution >= 0.6 is 0 Å². The van der Waals surface area contributed by atoms with Gasteiger partial charge in [-0.3, -0.25) is 4.90 Å². The van der Waals surface area contributed by atoms with Crippen molar-refractivity contribution in [3.63, 3.8) is 0 Å². The molecule has 0 aliphatic rings. The second-order valence-electron chi connectivity index (χ2n) is 5.52. The molecule has 0 heterocycles. The van der Waals surface area contributed by atoms with Gasteiger partial charge in [-0.2, -0.15) is 0 Å². The molecule has 2 rings (SSSR count). The van der Waals surface area contributed by atoms with E-state index >= 15 is 0 Å². The van der Waals surface area contributed by atoms with E-state index < -0.39 is 0 Å². The summed E-state index contributed by atoms with van der Waals surface area (Å²) in [6, 6.07) is 17.8. The minimum absolute atomic E-state index is 0.318. The van der Waals surface area contributed by atoms with Gasteiger partial charge < -0.3 is 9.84 Å². The molecule has 2 aromatic rings. The van der Waals surface area contributed by atoms with Crippen molar-refractivity contribution in [3.05, 3.63) is 71.3 Å². The van der Waals surface area contributed by atoms with Crippen molar-refractivity contribution in [2.45, 2.75) is 13.5 Å². The number of hydrogen-bond acceptors (Lipinski definition) is 3. The Hall–Kier alpha value is -2.26. The smallest absolute Gasteiger partial charge is 0.123 e. The van der Waals surface area contributed by atoms with E-state index in [1.165, 1.54) is 5.56 Å². The molecular formula is C19H23NO2. The molecule has 3 nitrogen and oxygen atoms in total. The number of benzene rings is 2. The van der Waals surface area contributed by atoms with Gasteiger partial charge in [0.1, 0.15) is 11.5 Å². The van der Waals surface area contributed by atoms with Gasteiger partial charge in [0, 0.05) is 18.7 Å². The first kappa shape index (κ1) is 16.1. The van der Waals surface area contributed by atoms with Crippen LogP contribution in [-0.2, 0) is 6.54 Å². The van der Waals surface area contributed by atoms with Crippen molar-refractivity contribution >= 4 is 5.76 Å². The number of methoxy groups -OCH3 is 1. The molecular weight excluding hydrogens is 274 g/mol. The first-order valence-corrected chi connectivity index (χ1v) is 7.35. The van der Waals surface area contributed by atoms with Crippen molar-refractivity contribution in [2.75, 3.05) is 20.7 Å². The molecule has 0 amide bonds. The first-order valence-electron chi connectivity index (χ1n) is 7.35. The highest BCUT2D eigenvalue weighted by Crippen LogP contribution is 2.21. The predicted molar refractivity (Wildman–Crippen MR) is 91.0 cm³/mol. The number of hydrogen-bond donors (Lipinski definition) is 1. The molecule has 0 saturated carbocycles. The normalized spacial score (nSPS) is 12.2. The van der Waals surface area contributed by atoms with E-state index in [9.17, 15) is 5.11 Å². The number of rotatable bonds is 6. The maximum atomic E-state index is 10.4. The van der Waals surface area contributed by atoms with Crippen LogP contribution in [0.5, 0.6) is 5.75 Å². The Morgan fingerprint density at radius 2 is 1.82 bits per heavy atom. The highest BCUT2D eigenvalue weighted by molar-refractivity contribution is 5.63. The van der Waals surface area contributed by atoms with E-state index in [1.54, 1.807) is 7.11 Å². The van der Waals surface area contributed by atoms with Gasteiger partial charge in [-0.15, -0.1) is 0 Å². The summed E-state index contributed by atoms with van der Waals surface area (Å²) in [6.45, 7) is 3.51. The molecule has 0 spiro atoms. The lowest BCUT2D eigenvalue weighted by atomic mass is 10.1. The molecule has 22 heavy (non-hydrogen) atoms. The summed E-state index contributed by atoms with van der Waals surface area (Å²) in [5.74, 6) is 1.06. The molecule has 0 radical (unpaired) electrons. The van der Waals surface area contributed by atoms with Gasteiger partial charge in [0.2, 0.25) is 0 Å². The second-order valence-corrected chi connectivity index (χ2v) is 5.52. The molecule has 1 N–H and O–H groups in total. The summed E-state index contributed by atoms with van der Waals surface area (Å²) in [7, 11) is 3.68. The molecule has 2 aromatic carbocycles. The summed E-state index contributed by atoms with van der Waals surface area (Å²) >= 11 is 0. The molecule has 3 heteroatoms. The number of ether oxygens (including phenoxy) is 1. The zero-order chi connectivity index (χ0) is 15.9. The number of aliphatic hydroxyl groups excluding tert-OH is 1. The standard InChI is InChI=1S/C19H23NO2/c1-15(13-20(2)14-16-8-5-4-6-9-16)19(21)17-10-7-11-18(12-17)22-3/h4-12,21H,13-14H2,1-3H3/b19-15+. The Kier molecular flexibility index (Phi) is 5.61. The summed E-state index contributed by atoms with van der Waals surface area (Å²) in [5, 5.41) is 10.4. The van der Waals surface area contributed by atoms with E-state index in [0.717, 1.165) is 23.4 Å². The molecule has 0 aromatic heterocycles. The van der Waals surface area contributed by atoms with Crippen LogP contribution in [0.25, 0.3) is 5.76 Å². The summed E-state index contributed by atoms with van der Waals surface area (Å²) in [5.41, 5.74) is 2.98. The van der Waals surface area contributed by atoms with Gasteiger partial charge in [0.05, 0.1) is 7.11 Å². The third-order valence-corrected chi connectivity index (χ3v) is 3.55. The Labute approximate surface area is 132 Å². The van der Waals surface area contributed by atoms with Crippen LogP contribution in [0.15, 0.2) is 60.2 Å². The van der Waals surface area contributed by atoms with Gasteiger partial charge in [0.25, 0.3) is 0 Å². The fourth-order valence-corrected chi connectivity index (χ4v) is 2.45. The Morgan fingerprint density at radius 3 is 2.50 bits per heavy atom. The fraction of sp³-hybridized carbons (Fsp3) is 0.263. The van der Waals surface area contributed by atoms with Gasteiger partial charge in [0.15, 0.2) is 0 Å². The molecule has 0 saturated heterocycles. The lowest BCUT2D eigenvalue weighted by Crippen LogP contribution is -2.20. The topological polar surface area (TPSA) is 32.7 Å². The minimum atomic E-state index is 0.318. The minimum Gasteiger partial charge on any atom is -0.507 e. The molecule has 0 atom stereocenters. The van der Waals surface area contributed by atoms with Crippen LogP contribution in [0.2, 0.25) is 0 Å². The lowest BCUT2D eigenvalue weighted by Gasteiger charge is -2.18. The molecule has 0 aliphatic carbocycles. The monoisotopic (exact) mass is 297 g/mol. The van der Waals surface area contributed by atoms with Crippen LogP contribution < -0.4 is 4.74 Å². The van der Waals surface area contributed by atoms with Crippen LogP contribution in [0.3, 0.4) is 0 Å². The molecule has 0 bridgehead atoms. The van der Waals surface area contributed by atoms with Crippen LogP contribution in [0.4, 0.5) is 0 Å². The fourth-order valence-electron chi connectivity index (χ4n) is 2.45. The summed E-state index contributed by atoms with van der Waals surface area (Å²) < 4.78 is 5.20. The lowest BCUT2D eigenvalue weighted by molar-refractivity contribution is 0.351. The van der Waals surface area contributed by atoms with Gasteiger partial charge >= 0.3 is 0 Å². The quantitative estimate of drug-likeness (QED) is 0.814. The van der Waals surface area contributed by atoms with E-state index in [0.29, 0.717) is 12.3 Å². The van der Waals surface area contributed by atoms with Crippen LogP contribution in [0, 0.1) is 0 Å². The Bertz CT molecular complexity index is 635. The largest absolute Gasteiger partial charge is 0.507 e. The van der Waals surface area contributed by atoms with Crippen LogP contribution in [-0.4, -0.2) is 30.7 Å². The van der Waals surface area contributed by atoms with Gasteiger partial charge in [-0.05, 0) is 37.2 Å². The van der Waals surface area contributed by atoms with Crippen molar-refractivity contribution in [1.82, 2.24) is 4.90 Å². The zero-order valence-electron chi connectivity index (χ0n) is 13.4. The maximum absolute atomic E-state index is 10.4. The zero-order valence-corrected chi connectivity index (χ0v) is 13.4. The van der Waals surface area contributed by atoms with Crippen molar-refractivity contribution in [3.8, 4) is 5.75 Å². The highest BCUT2D eigenvalue weighted by atomic mass is 16.5. The molecule has 0 fully saturated rings. The van der Waals surface area contributed by atoms with E-state index in [-0.39, 0.29) is 0 Å². The average molecular weight is 297 g/mol. The Balaban J connectivity index is 2.06. The summed E-state index contributed by atoms with van der Waals surface area (Å²) in [6.07, 6.45) is 0. The average Bonchev–Trinajstić information content (AvgIpc) is 2.55. The van der Waals surface area contributed by atoms with E-state index in [1.807, 2.05) is 49.4 Å². The Morgan fingerprint density at radius 1 is 1.09 bits per heavy atom. The SMILES string of the molecule is COc1cccc(/C(O)=C(/C)CN(C)Cc2ccccc2)c1. The van der Waals surface area contributed by atoms with E-state index in [2.05, 4.69) is 24.1 Å². The summed E-state index contributed by atoms with van der Waals surface area (Å²) in [4.78, 5) is 2.18. The molecule has 0 aliphatic heterocycles. The first-order chi connectivity index (χ1) is 10.6. The number of aliphatic hydroxyl groups is 1. The second kappa shape index (κ2) is 7.66. The molecule has 0 unspecified atom stereocenters. The van der Waals surface area contributed by atoms with Crippen molar-refractivity contribution in [2.24, 2.45) is 0 Å². The van der Waals surface area contributed by atoms with Crippen molar-refractivity contribution < 1.29 is 9.84 Å². The highest BCUT2D eigenvalue weighted by Gasteiger charge is 2.08. The maximum Gasteiger partial charge on any atom is 0.123 e.